The van der Waals surface area contributed by atoms with Crippen LogP contribution in [-0.4, -0.2) is 22.8 Å². The van der Waals surface area contributed by atoms with Crippen LogP contribution in [0.2, 0.25) is 0 Å². The van der Waals surface area contributed by atoms with Gasteiger partial charge in [-0.15, -0.1) is 0 Å². The van der Waals surface area contributed by atoms with Gasteiger partial charge in [-0.25, -0.2) is 4.79 Å². The molecule has 4 nitrogen and oxygen atoms in total. The molecule has 5 rings (SSSR count). The van der Waals surface area contributed by atoms with Gasteiger partial charge in [-0.2, -0.15) is 0 Å². The zero-order valence-corrected chi connectivity index (χ0v) is 20.2. The number of carbonyl (C=O) groups excluding carboxylic acids is 1. The van der Waals surface area contributed by atoms with Gasteiger partial charge in [-0.3, -0.25) is 0 Å². The summed E-state index contributed by atoms with van der Waals surface area (Å²) in [4.78, 5) is 13.0. The van der Waals surface area contributed by atoms with Crippen molar-refractivity contribution >= 4 is 12.0 Å². The number of aliphatic hydroxyl groups is 1. The summed E-state index contributed by atoms with van der Waals surface area (Å²) in [6.45, 7) is 8.80. The van der Waals surface area contributed by atoms with Gasteiger partial charge < -0.3 is 14.3 Å². The highest BCUT2D eigenvalue weighted by Crippen LogP contribution is 2.67. The second-order valence-electron chi connectivity index (χ2n) is 11.4. The third kappa shape index (κ3) is 3.32. The summed E-state index contributed by atoms with van der Waals surface area (Å²) in [7, 11) is 0. The van der Waals surface area contributed by atoms with E-state index in [1.165, 1.54) is 11.6 Å². The number of fused-ring (bicyclic) bond motifs is 4. The maximum absolute atomic E-state index is 13.0. The third-order valence-corrected chi connectivity index (χ3v) is 9.48. The van der Waals surface area contributed by atoms with Crippen LogP contribution in [0.4, 0.5) is 0 Å². The molecule has 0 radical (unpaired) electrons. The molecule has 0 aliphatic heterocycles. The van der Waals surface area contributed by atoms with E-state index in [1.54, 1.807) is 12.3 Å². The third-order valence-electron chi connectivity index (χ3n) is 9.48. The number of ether oxygens (including phenoxy) is 1. The van der Waals surface area contributed by atoms with Crippen molar-refractivity contribution in [3.8, 4) is 0 Å². The van der Waals surface area contributed by atoms with E-state index in [0.717, 1.165) is 37.0 Å². The highest BCUT2D eigenvalue weighted by atomic mass is 16.6. The van der Waals surface area contributed by atoms with Gasteiger partial charge >= 0.3 is 5.97 Å². The molecular formula is C29H36O4. The average Bonchev–Trinajstić information content (AvgIpc) is 3.26. The highest BCUT2D eigenvalue weighted by Gasteiger charge is 2.70. The molecule has 0 spiro atoms. The Kier molecular flexibility index (Phi) is 5.36. The van der Waals surface area contributed by atoms with Crippen molar-refractivity contribution in [3.63, 3.8) is 0 Å². The number of carbonyl (C=O) groups is 1. The first-order chi connectivity index (χ1) is 15.7. The van der Waals surface area contributed by atoms with Gasteiger partial charge in [-0.05, 0) is 65.7 Å². The number of benzene rings is 1. The predicted octanol–water partition coefficient (Wildman–Crippen LogP) is 6.15. The molecule has 2 saturated carbocycles. The van der Waals surface area contributed by atoms with E-state index in [0.29, 0.717) is 24.2 Å². The molecule has 0 amide bonds. The number of furan rings is 1. The summed E-state index contributed by atoms with van der Waals surface area (Å²) in [6, 6.07) is 11.8. The lowest BCUT2D eigenvalue weighted by atomic mass is 9.40. The Labute approximate surface area is 197 Å². The minimum Gasteiger partial charge on any atom is -0.469 e. The van der Waals surface area contributed by atoms with Gasteiger partial charge in [0.1, 0.15) is 17.5 Å². The lowest BCUT2D eigenvalue weighted by Gasteiger charge is -2.67. The van der Waals surface area contributed by atoms with Crippen LogP contribution in [0.5, 0.6) is 0 Å². The first-order valence-electron chi connectivity index (χ1n) is 12.4. The van der Waals surface area contributed by atoms with Crippen molar-refractivity contribution in [2.75, 3.05) is 0 Å². The SMILES string of the molecule is C[C@H]1c2ccoc2C[C@H]2[C@H]1C[C@@H](OC(=O)/C=C/c1ccccc1)[C@@]1(O)C(C)(C)CCC[C@]21C. The van der Waals surface area contributed by atoms with Gasteiger partial charge in [0, 0.05) is 17.9 Å². The predicted molar refractivity (Wildman–Crippen MR) is 128 cm³/mol. The highest BCUT2D eigenvalue weighted by molar-refractivity contribution is 5.87. The minimum atomic E-state index is -1.10. The van der Waals surface area contributed by atoms with Gasteiger partial charge in [0.05, 0.1) is 6.26 Å². The summed E-state index contributed by atoms with van der Waals surface area (Å²) in [6.07, 6.45) is 8.99. The van der Waals surface area contributed by atoms with Crippen LogP contribution in [0, 0.1) is 22.7 Å². The maximum atomic E-state index is 13.0. The number of esters is 1. The topological polar surface area (TPSA) is 59.7 Å². The molecule has 33 heavy (non-hydrogen) atoms. The molecule has 4 heteroatoms. The quantitative estimate of drug-likeness (QED) is 0.452. The van der Waals surface area contributed by atoms with Crippen molar-refractivity contribution in [3.05, 3.63) is 65.6 Å². The average molecular weight is 449 g/mol. The fourth-order valence-corrected chi connectivity index (χ4v) is 7.70. The Bertz CT molecular complexity index is 1050. The first kappa shape index (κ1) is 22.5. The van der Waals surface area contributed by atoms with Crippen molar-refractivity contribution in [1.29, 1.82) is 0 Å². The standard InChI is InChI=1S/C29H36O4/c1-19-21-13-16-32-24(21)18-23-22(19)17-25(29(31)27(2,3)14-8-15-28(23,29)4)33-26(30)12-11-20-9-6-5-7-10-20/h5-7,9-13,16,19,22-23,25,31H,8,14-15,17-18H2,1-4H3/b12-11+/t19-,22-,23-,25+,28+,29+/m0/s1. The smallest absolute Gasteiger partial charge is 0.331 e. The van der Waals surface area contributed by atoms with Crippen LogP contribution in [0.1, 0.15) is 76.2 Å². The van der Waals surface area contributed by atoms with Gasteiger partial charge in [0.2, 0.25) is 0 Å². The molecular weight excluding hydrogens is 412 g/mol. The van der Waals surface area contributed by atoms with Gasteiger partial charge in [0.15, 0.2) is 0 Å². The molecule has 3 aliphatic carbocycles. The van der Waals surface area contributed by atoms with E-state index in [4.69, 9.17) is 9.15 Å². The van der Waals surface area contributed by atoms with Crippen LogP contribution >= 0.6 is 0 Å². The van der Waals surface area contributed by atoms with E-state index in [-0.39, 0.29) is 16.8 Å². The van der Waals surface area contributed by atoms with E-state index < -0.39 is 11.7 Å². The Morgan fingerprint density at radius 1 is 1.15 bits per heavy atom. The van der Waals surface area contributed by atoms with Gasteiger partial charge in [-0.1, -0.05) is 64.4 Å². The summed E-state index contributed by atoms with van der Waals surface area (Å²) in [5.41, 5.74) is 0.415. The zero-order valence-electron chi connectivity index (χ0n) is 20.2. The normalized spacial score (nSPS) is 37.1. The molecule has 0 bridgehead atoms. The Morgan fingerprint density at radius 2 is 1.91 bits per heavy atom. The van der Waals surface area contributed by atoms with E-state index in [9.17, 15) is 9.90 Å². The molecule has 1 N–H and O–H groups in total. The molecule has 176 valence electrons. The molecule has 2 aromatic rings. The second-order valence-corrected chi connectivity index (χ2v) is 11.4. The van der Waals surface area contributed by atoms with Crippen LogP contribution in [0.15, 0.2) is 53.2 Å². The largest absolute Gasteiger partial charge is 0.469 e. The molecule has 2 fully saturated rings. The zero-order chi connectivity index (χ0) is 23.4. The second kappa shape index (κ2) is 7.87. The summed E-state index contributed by atoms with van der Waals surface area (Å²) in [5, 5.41) is 12.6. The maximum Gasteiger partial charge on any atom is 0.331 e. The fraction of sp³-hybridized carbons (Fsp3) is 0.552. The lowest BCUT2D eigenvalue weighted by Crippen LogP contribution is -2.72. The van der Waals surface area contributed by atoms with Crippen LogP contribution < -0.4 is 0 Å². The monoisotopic (exact) mass is 448 g/mol. The lowest BCUT2D eigenvalue weighted by molar-refractivity contribution is -0.289. The Morgan fingerprint density at radius 3 is 2.67 bits per heavy atom. The number of rotatable bonds is 3. The van der Waals surface area contributed by atoms with Crippen molar-refractivity contribution in [2.24, 2.45) is 22.7 Å². The summed E-state index contributed by atoms with van der Waals surface area (Å²) < 4.78 is 12.0. The Balaban J connectivity index is 1.50. The molecule has 0 saturated heterocycles. The van der Waals surface area contributed by atoms with Crippen molar-refractivity contribution in [1.82, 2.24) is 0 Å². The van der Waals surface area contributed by atoms with Crippen LogP contribution in [0.25, 0.3) is 6.08 Å². The molecule has 0 unspecified atom stereocenters. The first-order valence-corrected chi connectivity index (χ1v) is 12.4. The Hall–Kier alpha value is -2.33. The molecule has 1 heterocycles. The van der Waals surface area contributed by atoms with E-state index in [2.05, 4.69) is 33.8 Å². The van der Waals surface area contributed by atoms with E-state index in [1.807, 2.05) is 30.3 Å². The molecule has 1 aromatic carbocycles. The van der Waals surface area contributed by atoms with Crippen molar-refractivity contribution < 1.29 is 19.1 Å². The summed E-state index contributed by atoms with van der Waals surface area (Å²) in [5.74, 6) is 1.63. The fourth-order valence-electron chi connectivity index (χ4n) is 7.70. The van der Waals surface area contributed by atoms with Crippen molar-refractivity contribution in [2.45, 2.75) is 77.4 Å². The van der Waals surface area contributed by atoms with Crippen LogP contribution in [0.3, 0.4) is 0 Å². The van der Waals surface area contributed by atoms with Crippen LogP contribution in [-0.2, 0) is 16.0 Å². The molecule has 6 atom stereocenters. The minimum absolute atomic E-state index is 0.297. The molecule has 3 aliphatic rings. The van der Waals surface area contributed by atoms with Gasteiger partial charge in [0.25, 0.3) is 0 Å². The summed E-state index contributed by atoms with van der Waals surface area (Å²) >= 11 is 0. The number of hydrogen-bond acceptors (Lipinski definition) is 4. The van der Waals surface area contributed by atoms with E-state index >= 15 is 0 Å². The number of hydrogen-bond donors (Lipinski definition) is 1. The molecule has 1 aromatic heterocycles.